The molecule has 0 radical (unpaired) electrons. The number of methoxy groups -OCH3 is 1. The lowest BCUT2D eigenvalue weighted by Gasteiger charge is -2.11. The van der Waals surface area contributed by atoms with Crippen LogP contribution in [0.25, 0.3) is 10.8 Å². The van der Waals surface area contributed by atoms with E-state index in [9.17, 15) is 9.59 Å². The van der Waals surface area contributed by atoms with E-state index < -0.39 is 0 Å². The lowest BCUT2D eigenvalue weighted by molar-refractivity contribution is -0.114. The molecule has 6 heteroatoms. The molecule has 0 saturated heterocycles. The monoisotopic (exact) mass is 377 g/mol. The number of benzene rings is 3. The van der Waals surface area contributed by atoms with E-state index in [1.165, 1.54) is 0 Å². The van der Waals surface area contributed by atoms with Crippen LogP contribution in [0.5, 0.6) is 0 Å². The molecule has 0 spiro atoms. The number of rotatable bonds is 8. The molecule has 0 bridgehead atoms. The largest absolute Gasteiger partial charge is 0.383 e. The van der Waals surface area contributed by atoms with Crippen LogP contribution in [-0.4, -0.2) is 38.6 Å². The van der Waals surface area contributed by atoms with Crippen molar-refractivity contribution >= 4 is 34.0 Å². The maximum Gasteiger partial charge on any atom is 0.251 e. The van der Waals surface area contributed by atoms with E-state index >= 15 is 0 Å². The number of anilines is 2. The van der Waals surface area contributed by atoms with E-state index in [0.717, 1.165) is 16.5 Å². The zero-order valence-corrected chi connectivity index (χ0v) is 15.7. The summed E-state index contributed by atoms with van der Waals surface area (Å²) in [7, 11) is 1.58. The van der Waals surface area contributed by atoms with Crippen LogP contribution < -0.4 is 16.0 Å². The molecule has 144 valence electrons. The second-order valence-electron chi connectivity index (χ2n) is 6.26. The van der Waals surface area contributed by atoms with Gasteiger partial charge in [-0.3, -0.25) is 9.59 Å². The van der Waals surface area contributed by atoms with E-state index in [-0.39, 0.29) is 18.4 Å². The number of hydrogen-bond donors (Lipinski definition) is 3. The second-order valence-corrected chi connectivity index (χ2v) is 6.26. The Labute approximate surface area is 163 Å². The Morgan fingerprint density at radius 2 is 1.75 bits per heavy atom. The Balaban J connectivity index is 1.58. The van der Waals surface area contributed by atoms with Crippen molar-refractivity contribution in [2.45, 2.75) is 0 Å². The molecule has 0 aromatic heterocycles. The zero-order chi connectivity index (χ0) is 19.8. The van der Waals surface area contributed by atoms with Gasteiger partial charge in [-0.15, -0.1) is 0 Å². The second kappa shape index (κ2) is 9.53. The Morgan fingerprint density at radius 1 is 0.964 bits per heavy atom. The summed E-state index contributed by atoms with van der Waals surface area (Å²) in [5, 5.41) is 10.8. The van der Waals surface area contributed by atoms with Crippen molar-refractivity contribution in [2.75, 3.05) is 37.4 Å². The average Bonchev–Trinajstić information content (AvgIpc) is 2.73. The quantitative estimate of drug-likeness (QED) is 0.527. The summed E-state index contributed by atoms with van der Waals surface area (Å²) in [6, 6.07) is 20.7. The molecular weight excluding hydrogens is 354 g/mol. The number of carbonyl (C=O) groups excluding carboxylic acids is 2. The van der Waals surface area contributed by atoms with Gasteiger partial charge in [-0.25, -0.2) is 0 Å². The molecule has 28 heavy (non-hydrogen) atoms. The molecule has 2 amide bonds. The van der Waals surface area contributed by atoms with Crippen molar-refractivity contribution in [1.29, 1.82) is 0 Å². The van der Waals surface area contributed by atoms with Crippen molar-refractivity contribution in [3.63, 3.8) is 0 Å². The molecule has 0 saturated carbocycles. The first-order valence-corrected chi connectivity index (χ1v) is 9.06. The smallest absolute Gasteiger partial charge is 0.251 e. The minimum atomic E-state index is -0.180. The van der Waals surface area contributed by atoms with Gasteiger partial charge >= 0.3 is 0 Å². The average molecular weight is 377 g/mol. The number of hydrogen-bond acceptors (Lipinski definition) is 4. The number of amides is 2. The molecule has 0 aliphatic heterocycles. The van der Waals surface area contributed by atoms with E-state index in [4.69, 9.17) is 4.74 Å². The highest BCUT2D eigenvalue weighted by Gasteiger charge is 2.08. The molecule has 3 rings (SSSR count). The van der Waals surface area contributed by atoms with Crippen LogP contribution in [0.1, 0.15) is 10.4 Å². The van der Waals surface area contributed by atoms with Crippen molar-refractivity contribution in [3.8, 4) is 0 Å². The third-order valence-corrected chi connectivity index (χ3v) is 4.23. The Bertz CT molecular complexity index is 967. The molecule has 0 aliphatic rings. The minimum absolute atomic E-state index is 0.0952. The predicted octanol–water partition coefficient (Wildman–Crippen LogP) is 3.27. The van der Waals surface area contributed by atoms with Crippen LogP contribution in [0.3, 0.4) is 0 Å². The van der Waals surface area contributed by atoms with Gasteiger partial charge in [0, 0.05) is 36.0 Å². The summed E-state index contributed by atoms with van der Waals surface area (Å²) in [6.07, 6.45) is 0. The summed E-state index contributed by atoms with van der Waals surface area (Å²) >= 11 is 0. The summed E-state index contributed by atoms with van der Waals surface area (Å²) in [5.74, 6) is -0.341. The van der Waals surface area contributed by atoms with E-state index in [0.29, 0.717) is 24.4 Å². The molecular formula is C22H23N3O3. The van der Waals surface area contributed by atoms with Gasteiger partial charge in [-0.05, 0) is 29.7 Å². The highest BCUT2D eigenvalue weighted by Crippen LogP contribution is 2.22. The highest BCUT2D eigenvalue weighted by atomic mass is 16.5. The zero-order valence-electron chi connectivity index (χ0n) is 15.7. The molecule has 0 unspecified atom stereocenters. The Hall–Kier alpha value is -3.38. The first-order chi connectivity index (χ1) is 13.7. The molecule has 0 heterocycles. The SMILES string of the molecule is COCCNC(=O)c1cccc(NCC(=O)Nc2cccc3ccccc23)c1. The maximum absolute atomic E-state index is 12.4. The number of ether oxygens (including phenoxy) is 1. The van der Waals surface area contributed by atoms with Gasteiger partial charge in [-0.1, -0.05) is 42.5 Å². The van der Waals surface area contributed by atoms with Crippen molar-refractivity contribution in [1.82, 2.24) is 5.32 Å². The standard InChI is InChI=1S/C22H23N3O3/c1-28-13-12-23-22(27)17-8-4-9-18(14-17)24-15-21(26)25-20-11-5-7-16-6-2-3-10-19(16)20/h2-11,14,24H,12-13,15H2,1H3,(H,23,27)(H,25,26). The first kappa shape index (κ1) is 19.4. The lowest BCUT2D eigenvalue weighted by Crippen LogP contribution is -2.27. The minimum Gasteiger partial charge on any atom is -0.383 e. The van der Waals surface area contributed by atoms with E-state index in [2.05, 4.69) is 16.0 Å². The van der Waals surface area contributed by atoms with Crippen molar-refractivity contribution < 1.29 is 14.3 Å². The molecule has 0 atom stereocenters. The Morgan fingerprint density at radius 3 is 2.61 bits per heavy atom. The van der Waals surface area contributed by atoms with Gasteiger partial charge < -0.3 is 20.7 Å². The molecule has 0 fully saturated rings. The first-order valence-electron chi connectivity index (χ1n) is 9.06. The third kappa shape index (κ3) is 5.08. The predicted molar refractivity (Wildman–Crippen MR) is 112 cm³/mol. The fraction of sp³-hybridized carbons (Fsp3) is 0.182. The number of fused-ring (bicyclic) bond motifs is 1. The van der Waals surface area contributed by atoms with Gasteiger partial charge in [0.25, 0.3) is 5.91 Å². The van der Waals surface area contributed by atoms with Crippen LogP contribution >= 0.6 is 0 Å². The van der Waals surface area contributed by atoms with Gasteiger partial charge in [0.2, 0.25) is 5.91 Å². The van der Waals surface area contributed by atoms with E-state index in [1.807, 2.05) is 48.5 Å². The van der Waals surface area contributed by atoms with Gasteiger partial charge in [-0.2, -0.15) is 0 Å². The molecule has 3 N–H and O–H groups in total. The van der Waals surface area contributed by atoms with Gasteiger partial charge in [0.05, 0.1) is 13.2 Å². The van der Waals surface area contributed by atoms with Crippen LogP contribution in [0.2, 0.25) is 0 Å². The molecule has 6 nitrogen and oxygen atoms in total. The topological polar surface area (TPSA) is 79.5 Å². The number of nitrogens with one attached hydrogen (secondary N) is 3. The van der Waals surface area contributed by atoms with Crippen molar-refractivity contribution in [2.24, 2.45) is 0 Å². The summed E-state index contributed by atoms with van der Waals surface area (Å²) < 4.78 is 4.92. The molecule has 3 aromatic rings. The fourth-order valence-electron chi connectivity index (χ4n) is 2.85. The van der Waals surface area contributed by atoms with Gasteiger partial charge in [0.1, 0.15) is 0 Å². The molecule has 3 aromatic carbocycles. The summed E-state index contributed by atoms with van der Waals surface area (Å²) in [4.78, 5) is 24.5. The maximum atomic E-state index is 12.4. The van der Waals surface area contributed by atoms with Crippen LogP contribution in [0.4, 0.5) is 11.4 Å². The van der Waals surface area contributed by atoms with Gasteiger partial charge in [0.15, 0.2) is 0 Å². The summed E-state index contributed by atoms with van der Waals surface area (Å²) in [6.45, 7) is 0.996. The van der Waals surface area contributed by atoms with Crippen molar-refractivity contribution in [3.05, 3.63) is 72.3 Å². The van der Waals surface area contributed by atoms with E-state index in [1.54, 1.807) is 25.3 Å². The normalized spacial score (nSPS) is 10.5. The fourth-order valence-corrected chi connectivity index (χ4v) is 2.85. The lowest BCUT2D eigenvalue weighted by atomic mass is 10.1. The summed E-state index contributed by atoms with van der Waals surface area (Å²) in [5.41, 5.74) is 2.00. The Kier molecular flexibility index (Phi) is 6.59. The van der Waals surface area contributed by atoms with Crippen LogP contribution in [0, 0.1) is 0 Å². The number of carbonyl (C=O) groups is 2. The van der Waals surface area contributed by atoms with Crippen LogP contribution in [0.15, 0.2) is 66.7 Å². The molecule has 0 aliphatic carbocycles. The van der Waals surface area contributed by atoms with Crippen LogP contribution in [-0.2, 0) is 9.53 Å². The highest BCUT2D eigenvalue weighted by molar-refractivity contribution is 6.03. The third-order valence-electron chi connectivity index (χ3n) is 4.23.